The molecule has 0 saturated carbocycles. The van der Waals surface area contributed by atoms with Crippen LogP contribution in [0.15, 0.2) is 24.3 Å². The van der Waals surface area contributed by atoms with Gasteiger partial charge in [-0.1, -0.05) is 12.1 Å². The summed E-state index contributed by atoms with van der Waals surface area (Å²) in [5, 5.41) is 0. The summed E-state index contributed by atoms with van der Waals surface area (Å²) in [6.45, 7) is 9.02. The van der Waals surface area contributed by atoms with Crippen molar-refractivity contribution in [3.05, 3.63) is 24.3 Å². The fraction of sp³-hybridized carbons (Fsp3) is 0.625. The molecule has 3 heteroatoms. The highest BCUT2D eigenvalue weighted by Crippen LogP contribution is 2.29. The van der Waals surface area contributed by atoms with Crippen LogP contribution in [0.4, 0.5) is 0 Å². The molecule has 1 aliphatic heterocycles. The minimum atomic E-state index is 0.259. The van der Waals surface area contributed by atoms with E-state index in [2.05, 4.69) is 25.7 Å². The number of methoxy groups -OCH3 is 1. The Morgan fingerprint density at radius 1 is 1.05 bits per heavy atom. The number of rotatable bonds is 3. The SMILES string of the molecule is COc1ccccc1OC1CCN(C(C)(C)C)CC1. The van der Waals surface area contributed by atoms with Crippen LogP contribution >= 0.6 is 0 Å². The first kappa shape index (κ1) is 14.2. The van der Waals surface area contributed by atoms with Gasteiger partial charge in [0.25, 0.3) is 0 Å². The van der Waals surface area contributed by atoms with E-state index in [1.807, 2.05) is 24.3 Å². The van der Waals surface area contributed by atoms with Crippen molar-refractivity contribution in [2.24, 2.45) is 0 Å². The molecule has 0 aliphatic carbocycles. The van der Waals surface area contributed by atoms with Crippen LogP contribution in [0.5, 0.6) is 11.5 Å². The number of hydrogen-bond acceptors (Lipinski definition) is 3. The number of ether oxygens (including phenoxy) is 2. The first-order chi connectivity index (χ1) is 9.00. The zero-order valence-corrected chi connectivity index (χ0v) is 12.5. The number of likely N-dealkylation sites (tertiary alicyclic amines) is 1. The van der Waals surface area contributed by atoms with Gasteiger partial charge in [-0.15, -0.1) is 0 Å². The second-order valence-corrected chi connectivity index (χ2v) is 6.13. The molecular weight excluding hydrogens is 238 g/mol. The molecule has 1 saturated heterocycles. The Balaban J connectivity index is 1.92. The summed E-state index contributed by atoms with van der Waals surface area (Å²) in [7, 11) is 1.68. The first-order valence-electron chi connectivity index (χ1n) is 7.05. The molecule has 106 valence electrons. The Bertz CT molecular complexity index is 403. The number of nitrogens with zero attached hydrogens (tertiary/aromatic N) is 1. The lowest BCUT2D eigenvalue weighted by Gasteiger charge is -2.40. The Morgan fingerprint density at radius 3 is 2.16 bits per heavy atom. The standard InChI is InChI=1S/C16H25NO2/c1-16(2,3)17-11-9-13(10-12-17)19-15-8-6-5-7-14(15)18-4/h5-8,13H,9-12H2,1-4H3. The van der Waals surface area contributed by atoms with Crippen LogP contribution in [0.25, 0.3) is 0 Å². The fourth-order valence-corrected chi connectivity index (χ4v) is 2.54. The smallest absolute Gasteiger partial charge is 0.161 e. The summed E-state index contributed by atoms with van der Waals surface area (Å²) in [4.78, 5) is 2.52. The number of piperidine rings is 1. The van der Waals surface area contributed by atoms with Crippen LogP contribution in [0, 0.1) is 0 Å². The van der Waals surface area contributed by atoms with Crippen LogP contribution in [0.3, 0.4) is 0 Å². The molecule has 0 amide bonds. The van der Waals surface area contributed by atoms with Gasteiger partial charge in [0.1, 0.15) is 6.10 Å². The van der Waals surface area contributed by atoms with E-state index in [0.29, 0.717) is 6.10 Å². The van der Waals surface area contributed by atoms with Gasteiger partial charge in [0.05, 0.1) is 7.11 Å². The molecule has 0 N–H and O–H groups in total. The summed E-state index contributed by atoms with van der Waals surface area (Å²) < 4.78 is 11.4. The van der Waals surface area contributed by atoms with Crippen molar-refractivity contribution in [3.63, 3.8) is 0 Å². The zero-order chi connectivity index (χ0) is 13.9. The predicted molar refractivity (Wildman–Crippen MR) is 78.0 cm³/mol. The molecule has 0 atom stereocenters. The monoisotopic (exact) mass is 263 g/mol. The van der Waals surface area contributed by atoms with Crippen molar-refractivity contribution in [1.82, 2.24) is 4.90 Å². The lowest BCUT2D eigenvalue weighted by Crippen LogP contribution is -2.48. The van der Waals surface area contributed by atoms with Gasteiger partial charge in [-0.25, -0.2) is 0 Å². The Morgan fingerprint density at radius 2 is 1.63 bits per heavy atom. The molecule has 19 heavy (non-hydrogen) atoms. The average Bonchev–Trinajstić information content (AvgIpc) is 2.39. The van der Waals surface area contributed by atoms with Gasteiger partial charge < -0.3 is 9.47 Å². The Hall–Kier alpha value is -1.22. The molecule has 1 heterocycles. The molecule has 1 aromatic carbocycles. The van der Waals surface area contributed by atoms with E-state index < -0.39 is 0 Å². The molecule has 0 bridgehead atoms. The largest absolute Gasteiger partial charge is 0.493 e. The lowest BCUT2D eigenvalue weighted by atomic mass is 9.99. The third-order valence-electron chi connectivity index (χ3n) is 3.75. The molecule has 0 unspecified atom stereocenters. The minimum Gasteiger partial charge on any atom is -0.493 e. The number of hydrogen-bond donors (Lipinski definition) is 0. The third kappa shape index (κ3) is 3.63. The van der Waals surface area contributed by atoms with Crippen molar-refractivity contribution in [2.75, 3.05) is 20.2 Å². The molecule has 0 aromatic heterocycles. The van der Waals surface area contributed by atoms with E-state index >= 15 is 0 Å². The van der Waals surface area contributed by atoms with Crippen molar-refractivity contribution >= 4 is 0 Å². The van der Waals surface area contributed by atoms with Gasteiger partial charge in [-0.3, -0.25) is 4.90 Å². The van der Waals surface area contributed by atoms with Crippen molar-refractivity contribution < 1.29 is 9.47 Å². The molecule has 2 rings (SSSR count). The van der Waals surface area contributed by atoms with Crippen LogP contribution < -0.4 is 9.47 Å². The van der Waals surface area contributed by atoms with Gasteiger partial charge in [0, 0.05) is 18.6 Å². The normalized spacial score (nSPS) is 18.3. The van der Waals surface area contributed by atoms with Crippen molar-refractivity contribution in [2.45, 2.75) is 45.3 Å². The minimum absolute atomic E-state index is 0.259. The highest BCUT2D eigenvalue weighted by molar-refractivity contribution is 5.39. The summed E-state index contributed by atoms with van der Waals surface area (Å²) in [5.74, 6) is 1.68. The maximum absolute atomic E-state index is 6.09. The fourth-order valence-electron chi connectivity index (χ4n) is 2.54. The molecule has 1 fully saturated rings. The zero-order valence-electron chi connectivity index (χ0n) is 12.5. The summed E-state index contributed by atoms with van der Waals surface area (Å²) in [6.07, 6.45) is 2.46. The van der Waals surface area contributed by atoms with Crippen LogP contribution in [-0.4, -0.2) is 36.7 Å². The second kappa shape index (κ2) is 5.83. The molecule has 0 spiro atoms. The van der Waals surface area contributed by atoms with E-state index in [0.717, 1.165) is 37.4 Å². The highest BCUT2D eigenvalue weighted by Gasteiger charge is 2.28. The van der Waals surface area contributed by atoms with Gasteiger partial charge in [0.15, 0.2) is 11.5 Å². The maximum Gasteiger partial charge on any atom is 0.161 e. The topological polar surface area (TPSA) is 21.7 Å². The first-order valence-corrected chi connectivity index (χ1v) is 7.05. The molecular formula is C16H25NO2. The predicted octanol–water partition coefficient (Wildman–Crippen LogP) is 3.34. The van der Waals surface area contributed by atoms with E-state index in [9.17, 15) is 0 Å². The molecule has 0 radical (unpaired) electrons. The van der Waals surface area contributed by atoms with Crippen molar-refractivity contribution in [1.29, 1.82) is 0 Å². The summed E-state index contributed by atoms with van der Waals surface area (Å²) in [6, 6.07) is 7.88. The highest BCUT2D eigenvalue weighted by atomic mass is 16.5. The van der Waals surface area contributed by atoms with Crippen LogP contribution in [0.2, 0.25) is 0 Å². The van der Waals surface area contributed by atoms with E-state index in [-0.39, 0.29) is 5.54 Å². The van der Waals surface area contributed by atoms with E-state index in [4.69, 9.17) is 9.47 Å². The number of para-hydroxylation sites is 2. The van der Waals surface area contributed by atoms with Gasteiger partial charge >= 0.3 is 0 Å². The molecule has 3 nitrogen and oxygen atoms in total. The quantitative estimate of drug-likeness (QED) is 0.835. The van der Waals surface area contributed by atoms with Gasteiger partial charge in [-0.2, -0.15) is 0 Å². The van der Waals surface area contributed by atoms with Crippen LogP contribution in [0.1, 0.15) is 33.6 Å². The number of benzene rings is 1. The van der Waals surface area contributed by atoms with E-state index in [1.165, 1.54) is 0 Å². The lowest BCUT2D eigenvalue weighted by molar-refractivity contribution is 0.0480. The molecule has 1 aliphatic rings. The van der Waals surface area contributed by atoms with Crippen LogP contribution in [-0.2, 0) is 0 Å². The third-order valence-corrected chi connectivity index (χ3v) is 3.75. The maximum atomic E-state index is 6.09. The summed E-state index contributed by atoms with van der Waals surface area (Å²) in [5.41, 5.74) is 0.259. The van der Waals surface area contributed by atoms with E-state index in [1.54, 1.807) is 7.11 Å². The van der Waals surface area contributed by atoms with Gasteiger partial charge in [0.2, 0.25) is 0 Å². The van der Waals surface area contributed by atoms with Gasteiger partial charge in [-0.05, 0) is 45.7 Å². The Labute approximate surface area is 116 Å². The average molecular weight is 263 g/mol. The second-order valence-electron chi connectivity index (χ2n) is 6.13. The Kier molecular flexibility index (Phi) is 4.35. The molecule has 1 aromatic rings. The van der Waals surface area contributed by atoms with Crippen molar-refractivity contribution in [3.8, 4) is 11.5 Å². The summed E-state index contributed by atoms with van der Waals surface area (Å²) >= 11 is 0.